The van der Waals surface area contributed by atoms with E-state index >= 15 is 0 Å². The molecule has 2 fully saturated rings. The molecule has 7 nitrogen and oxygen atoms in total. The zero-order valence-electron chi connectivity index (χ0n) is 15.5. The van der Waals surface area contributed by atoms with Gasteiger partial charge in [0.15, 0.2) is 5.78 Å². The van der Waals surface area contributed by atoms with E-state index in [4.69, 9.17) is 16.2 Å². The van der Waals surface area contributed by atoms with Crippen molar-refractivity contribution in [3.05, 3.63) is 29.8 Å². The van der Waals surface area contributed by atoms with Gasteiger partial charge in [-0.25, -0.2) is 0 Å². The summed E-state index contributed by atoms with van der Waals surface area (Å²) in [5, 5.41) is 19.7. The fraction of sp³-hybridized carbons (Fsp3) is 0.550. The number of carboxylic acid groups (broad SMARTS) is 1. The quantitative estimate of drug-likeness (QED) is 0.445. The van der Waals surface area contributed by atoms with Crippen molar-refractivity contribution >= 4 is 23.3 Å². The molecule has 0 aliphatic carbocycles. The van der Waals surface area contributed by atoms with Crippen LogP contribution in [0.15, 0.2) is 24.3 Å². The van der Waals surface area contributed by atoms with Gasteiger partial charge in [0.25, 0.3) is 0 Å². The van der Waals surface area contributed by atoms with Crippen LogP contribution in [0.5, 0.6) is 0 Å². The van der Waals surface area contributed by atoms with E-state index in [9.17, 15) is 9.59 Å². The van der Waals surface area contributed by atoms with Gasteiger partial charge in [0, 0.05) is 36.7 Å². The third kappa shape index (κ3) is 4.86. The van der Waals surface area contributed by atoms with Gasteiger partial charge in [-0.05, 0) is 62.4 Å². The number of benzene rings is 1. The number of nitrogens with zero attached hydrogens (tertiary/aromatic N) is 1. The van der Waals surface area contributed by atoms with Crippen molar-refractivity contribution in [2.24, 2.45) is 17.6 Å². The lowest BCUT2D eigenvalue weighted by Gasteiger charge is -2.36. The number of Topliss-reactive ketones (excluding diaryl/α,β-unsaturated/α-hetero) is 1. The zero-order valence-corrected chi connectivity index (χ0v) is 15.5. The van der Waals surface area contributed by atoms with E-state index in [1.165, 1.54) is 0 Å². The lowest BCUT2D eigenvalue weighted by atomic mass is 9.82. The van der Waals surface area contributed by atoms with E-state index < -0.39 is 5.97 Å². The smallest absolute Gasteiger partial charge is 0.303 e. The molecule has 0 amide bonds. The highest BCUT2D eigenvalue weighted by Gasteiger charge is 2.33. The summed E-state index contributed by atoms with van der Waals surface area (Å²) in [6.45, 7) is 2.36. The number of carboxylic acids is 1. The Morgan fingerprint density at radius 2 is 1.85 bits per heavy atom. The van der Waals surface area contributed by atoms with Crippen LogP contribution in [-0.4, -0.2) is 48.4 Å². The third-order valence-electron chi connectivity index (χ3n) is 5.76. The minimum atomic E-state index is -0.780. The molecule has 2 atom stereocenters. The lowest BCUT2D eigenvalue weighted by Crippen LogP contribution is -2.48. The highest BCUT2D eigenvalue weighted by molar-refractivity contribution is 5.95. The molecule has 146 valence electrons. The normalized spacial score (nSPS) is 23.8. The Kier molecular flexibility index (Phi) is 6.11. The van der Waals surface area contributed by atoms with Gasteiger partial charge in [-0.15, -0.1) is 0 Å². The minimum Gasteiger partial charge on any atom is -0.481 e. The van der Waals surface area contributed by atoms with Gasteiger partial charge in [0.2, 0.25) is 0 Å². The van der Waals surface area contributed by atoms with Crippen LogP contribution < -0.4 is 16.0 Å². The van der Waals surface area contributed by atoms with Crippen LogP contribution in [0.2, 0.25) is 0 Å². The summed E-state index contributed by atoms with van der Waals surface area (Å²) in [6.07, 6.45) is 3.24. The molecule has 1 aromatic carbocycles. The maximum Gasteiger partial charge on any atom is 0.303 e. The van der Waals surface area contributed by atoms with Crippen LogP contribution in [0.3, 0.4) is 0 Å². The molecule has 0 saturated carbocycles. The molecule has 0 spiro atoms. The van der Waals surface area contributed by atoms with E-state index in [0.29, 0.717) is 12.0 Å². The van der Waals surface area contributed by atoms with Crippen LogP contribution in [0.25, 0.3) is 0 Å². The average Bonchev–Trinajstić information content (AvgIpc) is 2.67. The van der Waals surface area contributed by atoms with Gasteiger partial charge in [0.1, 0.15) is 5.84 Å². The van der Waals surface area contributed by atoms with Crippen LogP contribution in [-0.2, 0) is 9.59 Å². The fourth-order valence-electron chi connectivity index (χ4n) is 4.20. The molecule has 7 heteroatoms. The van der Waals surface area contributed by atoms with E-state index in [-0.39, 0.29) is 35.9 Å². The molecule has 2 saturated heterocycles. The first-order valence-corrected chi connectivity index (χ1v) is 9.62. The van der Waals surface area contributed by atoms with Crippen molar-refractivity contribution in [2.75, 3.05) is 24.5 Å². The van der Waals surface area contributed by atoms with Crippen LogP contribution in [0.4, 0.5) is 5.69 Å². The van der Waals surface area contributed by atoms with Crippen molar-refractivity contribution < 1.29 is 14.7 Å². The fourth-order valence-corrected chi connectivity index (χ4v) is 4.20. The largest absolute Gasteiger partial charge is 0.481 e. The number of nitrogen functional groups attached to an aromatic ring is 1. The van der Waals surface area contributed by atoms with Gasteiger partial charge in [-0.1, -0.05) is 0 Å². The molecule has 3 rings (SSSR count). The molecule has 27 heavy (non-hydrogen) atoms. The predicted octanol–water partition coefficient (Wildman–Crippen LogP) is 1.60. The van der Waals surface area contributed by atoms with Crippen LogP contribution in [0.1, 0.15) is 37.7 Å². The van der Waals surface area contributed by atoms with Gasteiger partial charge < -0.3 is 21.1 Å². The summed E-state index contributed by atoms with van der Waals surface area (Å²) >= 11 is 0. The van der Waals surface area contributed by atoms with Gasteiger partial charge in [-0.3, -0.25) is 15.0 Å². The summed E-state index contributed by atoms with van der Waals surface area (Å²) in [6, 6.07) is 7.44. The summed E-state index contributed by atoms with van der Waals surface area (Å²) in [5.41, 5.74) is 7.29. The summed E-state index contributed by atoms with van der Waals surface area (Å²) in [5.74, 6) is -0.336. The SMILES string of the molecule is N=C(N)c1ccc(N2CCC(C(=O)C3CC(CC(=O)O)CCN3)CC2)cc1. The molecule has 0 radical (unpaired) electrons. The van der Waals surface area contributed by atoms with Crippen molar-refractivity contribution in [1.29, 1.82) is 5.41 Å². The van der Waals surface area contributed by atoms with Crippen LogP contribution in [0, 0.1) is 17.2 Å². The Labute approximate surface area is 159 Å². The first-order chi connectivity index (χ1) is 12.9. The van der Waals surface area contributed by atoms with E-state index in [0.717, 1.165) is 44.6 Å². The molecule has 1 aromatic rings. The number of aliphatic carboxylic acids is 1. The van der Waals surface area contributed by atoms with E-state index in [1.807, 2.05) is 24.3 Å². The molecular weight excluding hydrogens is 344 g/mol. The van der Waals surface area contributed by atoms with Gasteiger partial charge >= 0.3 is 5.97 Å². The molecule has 0 aromatic heterocycles. The average molecular weight is 372 g/mol. The summed E-state index contributed by atoms with van der Waals surface area (Å²) in [4.78, 5) is 26.1. The van der Waals surface area contributed by atoms with Crippen molar-refractivity contribution in [1.82, 2.24) is 5.32 Å². The number of ketones is 1. The molecule has 2 heterocycles. The number of amidine groups is 1. The van der Waals surface area contributed by atoms with Crippen molar-refractivity contribution in [3.8, 4) is 0 Å². The van der Waals surface area contributed by atoms with Gasteiger partial charge in [-0.2, -0.15) is 0 Å². The topological polar surface area (TPSA) is 120 Å². The number of piperidine rings is 2. The highest BCUT2D eigenvalue weighted by atomic mass is 16.4. The molecule has 2 aliphatic rings. The molecule has 5 N–H and O–H groups in total. The Bertz CT molecular complexity index is 696. The molecule has 0 bridgehead atoms. The Morgan fingerprint density at radius 3 is 2.44 bits per heavy atom. The highest BCUT2D eigenvalue weighted by Crippen LogP contribution is 2.28. The monoisotopic (exact) mass is 372 g/mol. The minimum absolute atomic E-state index is 0.0406. The van der Waals surface area contributed by atoms with Crippen molar-refractivity contribution in [2.45, 2.75) is 38.1 Å². The first-order valence-electron chi connectivity index (χ1n) is 9.62. The number of nitrogens with one attached hydrogen (secondary N) is 2. The number of hydrogen-bond acceptors (Lipinski definition) is 5. The predicted molar refractivity (Wildman–Crippen MR) is 104 cm³/mol. The Hall–Kier alpha value is -2.41. The molecular formula is C20H28N4O3. The number of nitrogens with two attached hydrogens (primary N) is 1. The number of anilines is 1. The summed E-state index contributed by atoms with van der Waals surface area (Å²) < 4.78 is 0. The first kappa shape index (κ1) is 19.4. The third-order valence-corrected chi connectivity index (χ3v) is 5.76. The number of carbonyl (C=O) groups excluding carboxylic acids is 1. The van der Waals surface area contributed by atoms with Crippen molar-refractivity contribution in [3.63, 3.8) is 0 Å². The van der Waals surface area contributed by atoms with E-state index in [1.54, 1.807) is 0 Å². The Balaban J connectivity index is 1.53. The summed E-state index contributed by atoms with van der Waals surface area (Å²) in [7, 11) is 0. The molecule has 2 unspecified atom stereocenters. The maximum absolute atomic E-state index is 12.9. The number of rotatable bonds is 6. The van der Waals surface area contributed by atoms with E-state index in [2.05, 4.69) is 10.2 Å². The second kappa shape index (κ2) is 8.52. The Morgan fingerprint density at radius 1 is 1.19 bits per heavy atom. The molecule has 2 aliphatic heterocycles. The number of carbonyl (C=O) groups is 2. The lowest BCUT2D eigenvalue weighted by molar-refractivity contribution is -0.139. The van der Waals surface area contributed by atoms with Gasteiger partial charge in [0.05, 0.1) is 6.04 Å². The standard InChI is InChI=1S/C20H28N4O3/c21-20(22)15-1-3-16(4-2-15)24-9-6-14(7-10-24)19(27)17-11-13(5-8-23-17)12-18(25)26/h1-4,13-14,17,23H,5-12H2,(H3,21,22)(H,25,26). The second-order valence-corrected chi connectivity index (χ2v) is 7.62. The van der Waals surface area contributed by atoms with Crippen LogP contribution >= 0.6 is 0 Å². The number of hydrogen-bond donors (Lipinski definition) is 4. The zero-order chi connectivity index (χ0) is 19.4. The second-order valence-electron chi connectivity index (χ2n) is 7.62. The maximum atomic E-state index is 12.9.